The van der Waals surface area contributed by atoms with Crippen LogP contribution in [0.2, 0.25) is 0 Å². The summed E-state index contributed by atoms with van der Waals surface area (Å²) in [5.74, 6) is 0.971. The molecule has 2 amide bonds. The second-order valence-corrected chi connectivity index (χ2v) is 9.81. The fourth-order valence-corrected chi connectivity index (χ4v) is 4.62. The lowest BCUT2D eigenvalue weighted by Gasteiger charge is -2.24. The molecule has 3 heterocycles. The van der Waals surface area contributed by atoms with Crippen LogP contribution < -0.4 is 25.0 Å². The number of fused-ring (bicyclic) bond motifs is 3. The maximum Gasteiger partial charge on any atom is 0.358 e. The van der Waals surface area contributed by atoms with Crippen LogP contribution in [0.5, 0.6) is 11.5 Å². The Labute approximate surface area is 253 Å². The molecule has 4 aromatic rings. The normalized spacial score (nSPS) is 16.1. The fourth-order valence-electron chi connectivity index (χ4n) is 4.62. The van der Waals surface area contributed by atoms with E-state index in [0.717, 1.165) is 5.56 Å². The highest BCUT2D eigenvalue weighted by Gasteiger charge is 2.22. The number of amides is 2. The van der Waals surface area contributed by atoms with E-state index in [2.05, 4.69) is 20.6 Å². The first-order valence-electron chi connectivity index (χ1n) is 13.9. The monoisotopic (exact) mass is 600 g/mol. The molecule has 1 aliphatic heterocycles. The Hall–Kier alpha value is -5.53. The molecule has 0 spiro atoms. The molecule has 0 aliphatic carbocycles. The molecule has 0 radical (unpaired) electrons. The number of ether oxygens (including phenoxy) is 3. The van der Waals surface area contributed by atoms with Crippen molar-refractivity contribution in [1.82, 2.24) is 35.4 Å². The highest BCUT2D eigenvalue weighted by Crippen LogP contribution is 2.28. The first-order valence-corrected chi connectivity index (χ1v) is 13.9. The van der Waals surface area contributed by atoms with Gasteiger partial charge in [0.25, 0.3) is 5.91 Å². The standard InChI is InChI=1S/C30H32N8O6/c1-19-28-35-27(20-7-5-4-6-8-20)36-38(28)13-14-44-24-15-21(9-10-23(24)42-2)29(40)31-11-12-37(18-26(39)34-19)25-17-32-22(16-33-25)30(41)43-3/h4-10,15-17,19H,11-14,18H2,1-3H3,(H,31,40)(H,34,39)/t19-/m1/s1. The van der Waals surface area contributed by atoms with E-state index < -0.39 is 12.0 Å². The van der Waals surface area contributed by atoms with Crippen molar-refractivity contribution in [3.8, 4) is 22.9 Å². The van der Waals surface area contributed by atoms with Gasteiger partial charge < -0.3 is 29.7 Å². The van der Waals surface area contributed by atoms with Crippen molar-refractivity contribution in [2.75, 3.05) is 45.4 Å². The van der Waals surface area contributed by atoms with Gasteiger partial charge in [0.05, 0.1) is 45.7 Å². The Balaban J connectivity index is 1.47. The minimum absolute atomic E-state index is 0.0270. The molecule has 0 fully saturated rings. The first kappa shape index (κ1) is 29.9. The van der Waals surface area contributed by atoms with Crippen molar-refractivity contribution >= 4 is 23.6 Å². The van der Waals surface area contributed by atoms with Crippen LogP contribution in [0, 0.1) is 0 Å². The fraction of sp³-hybridized carbons (Fsp3) is 0.300. The lowest BCUT2D eigenvalue weighted by atomic mass is 10.2. The van der Waals surface area contributed by atoms with Gasteiger partial charge in [-0.3, -0.25) is 9.59 Å². The maximum atomic E-state index is 13.3. The highest BCUT2D eigenvalue weighted by atomic mass is 16.5. The minimum Gasteiger partial charge on any atom is -0.493 e. The molecule has 14 nitrogen and oxygen atoms in total. The number of hydrogen-bond acceptors (Lipinski definition) is 11. The lowest BCUT2D eigenvalue weighted by molar-refractivity contribution is -0.120. The Morgan fingerprint density at radius 3 is 2.57 bits per heavy atom. The quantitative estimate of drug-likeness (QED) is 0.330. The first-order chi connectivity index (χ1) is 21.4. The van der Waals surface area contributed by atoms with E-state index in [1.807, 2.05) is 37.3 Å². The molecule has 2 aromatic carbocycles. The number of methoxy groups -OCH3 is 2. The van der Waals surface area contributed by atoms with Crippen LogP contribution in [0.25, 0.3) is 11.4 Å². The predicted molar refractivity (Wildman–Crippen MR) is 158 cm³/mol. The van der Waals surface area contributed by atoms with E-state index in [4.69, 9.17) is 24.3 Å². The summed E-state index contributed by atoms with van der Waals surface area (Å²) < 4.78 is 17.9. The van der Waals surface area contributed by atoms with Crippen molar-refractivity contribution in [3.05, 3.63) is 78.0 Å². The molecule has 1 atom stereocenters. The molecule has 44 heavy (non-hydrogen) atoms. The van der Waals surface area contributed by atoms with Gasteiger partial charge in [0.2, 0.25) is 5.91 Å². The topological polar surface area (TPSA) is 163 Å². The van der Waals surface area contributed by atoms with Crippen LogP contribution in [0.15, 0.2) is 60.9 Å². The highest BCUT2D eigenvalue weighted by molar-refractivity contribution is 5.95. The van der Waals surface area contributed by atoms with E-state index in [1.54, 1.807) is 27.8 Å². The number of hydrogen-bond donors (Lipinski definition) is 2. The van der Waals surface area contributed by atoms with Gasteiger partial charge in [0.15, 0.2) is 23.0 Å². The molecule has 5 rings (SSSR count). The maximum absolute atomic E-state index is 13.3. The van der Waals surface area contributed by atoms with Gasteiger partial charge in [0, 0.05) is 24.2 Å². The number of nitrogens with zero attached hydrogens (tertiary/aromatic N) is 6. The van der Waals surface area contributed by atoms with Gasteiger partial charge in [0.1, 0.15) is 18.2 Å². The van der Waals surface area contributed by atoms with Crippen LogP contribution in [-0.4, -0.2) is 83.0 Å². The second-order valence-electron chi connectivity index (χ2n) is 9.81. The zero-order valence-electron chi connectivity index (χ0n) is 24.5. The summed E-state index contributed by atoms with van der Waals surface area (Å²) in [7, 11) is 2.78. The van der Waals surface area contributed by atoms with E-state index in [-0.39, 0.29) is 43.7 Å². The average Bonchev–Trinajstić information content (AvgIpc) is 3.48. The van der Waals surface area contributed by atoms with E-state index in [9.17, 15) is 14.4 Å². The zero-order valence-corrected chi connectivity index (χ0v) is 24.5. The van der Waals surface area contributed by atoms with Gasteiger partial charge in [-0.2, -0.15) is 5.10 Å². The van der Waals surface area contributed by atoms with E-state index >= 15 is 0 Å². The molecular formula is C30H32N8O6. The molecule has 0 saturated carbocycles. The van der Waals surface area contributed by atoms with Gasteiger partial charge >= 0.3 is 5.97 Å². The number of nitrogens with one attached hydrogen (secondary N) is 2. The average molecular weight is 601 g/mol. The molecule has 2 bridgehead atoms. The summed E-state index contributed by atoms with van der Waals surface area (Å²) in [4.78, 5) is 53.0. The Kier molecular flexibility index (Phi) is 9.28. The van der Waals surface area contributed by atoms with Crippen LogP contribution in [0.4, 0.5) is 5.82 Å². The lowest BCUT2D eigenvalue weighted by Crippen LogP contribution is -2.42. The van der Waals surface area contributed by atoms with Crippen LogP contribution >= 0.6 is 0 Å². The largest absolute Gasteiger partial charge is 0.493 e. The molecule has 1 aliphatic rings. The van der Waals surface area contributed by atoms with Crippen molar-refractivity contribution in [3.63, 3.8) is 0 Å². The van der Waals surface area contributed by atoms with Crippen LogP contribution in [0.1, 0.15) is 39.6 Å². The summed E-state index contributed by atoms with van der Waals surface area (Å²) in [5.41, 5.74) is 1.23. The smallest absolute Gasteiger partial charge is 0.358 e. The molecule has 14 heteroatoms. The molecule has 2 aromatic heterocycles. The summed E-state index contributed by atoms with van der Waals surface area (Å²) >= 11 is 0. The predicted octanol–water partition coefficient (Wildman–Crippen LogP) is 2.04. The molecule has 0 unspecified atom stereocenters. The van der Waals surface area contributed by atoms with Crippen molar-refractivity contribution in [1.29, 1.82) is 0 Å². The van der Waals surface area contributed by atoms with E-state index in [0.29, 0.717) is 41.1 Å². The summed E-state index contributed by atoms with van der Waals surface area (Å²) in [6.45, 7) is 2.61. The number of carbonyl (C=O) groups excluding carboxylic acids is 3. The number of rotatable bonds is 4. The zero-order chi connectivity index (χ0) is 31.1. The molecule has 2 N–H and O–H groups in total. The van der Waals surface area contributed by atoms with E-state index in [1.165, 1.54) is 26.6 Å². The third-order valence-corrected chi connectivity index (χ3v) is 6.84. The van der Waals surface area contributed by atoms with Crippen LogP contribution in [0.3, 0.4) is 0 Å². The third-order valence-electron chi connectivity index (χ3n) is 6.84. The van der Waals surface area contributed by atoms with Crippen molar-refractivity contribution < 1.29 is 28.6 Å². The Bertz CT molecular complexity index is 1630. The second kappa shape index (κ2) is 13.6. The van der Waals surface area contributed by atoms with Gasteiger partial charge in [-0.25, -0.2) is 24.4 Å². The summed E-state index contributed by atoms with van der Waals surface area (Å²) in [6, 6.07) is 13.9. The van der Waals surface area contributed by atoms with Gasteiger partial charge in [-0.05, 0) is 25.1 Å². The van der Waals surface area contributed by atoms with Crippen molar-refractivity contribution in [2.45, 2.75) is 19.5 Å². The Morgan fingerprint density at radius 2 is 1.84 bits per heavy atom. The number of carbonyl (C=O) groups is 3. The van der Waals surface area contributed by atoms with Crippen LogP contribution in [-0.2, 0) is 16.1 Å². The summed E-state index contributed by atoms with van der Waals surface area (Å²) in [6.07, 6.45) is 2.65. The van der Waals surface area contributed by atoms with Gasteiger partial charge in [-0.1, -0.05) is 30.3 Å². The molecule has 228 valence electrons. The Morgan fingerprint density at radius 1 is 1.02 bits per heavy atom. The van der Waals surface area contributed by atoms with Crippen molar-refractivity contribution in [2.24, 2.45) is 0 Å². The number of anilines is 1. The number of benzene rings is 2. The molecular weight excluding hydrogens is 568 g/mol. The van der Waals surface area contributed by atoms with Gasteiger partial charge in [-0.15, -0.1) is 0 Å². The number of esters is 1. The SMILES string of the molecule is COC(=O)c1cnc(N2CCNC(=O)c3ccc(OC)c(c3)OCCn3nc(-c4ccccc4)nc3[C@@H](C)NC(=O)C2)cn1. The summed E-state index contributed by atoms with van der Waals surface area (Å²) in [5, 5.41) is 10.6. The molecule has 0 saturated heterocycles. The third kappa shape index (κ3) is 6.91. The number of aromatic nitrogens is 5. The minimum atomic E-state index is -0.631.